The number of nitrogens with zero attached hydrogens (tertiary/aromatic N) is 2. The zero-order valence-corrected chi connectivity index (χ0v) is 9.61. The van der Waals surface area contributed by atoms with Crippen molar-refractivity contribution >= 4 is 21.9 Å². The Hall–Kier alpha value is -1.83. The second kappa shape index (κ2) is 3.97. The van der Waals surface area contributed by atoms with Crippen molar-refractivity contribution in [3.05, 3.63) is 43.4 Å². The summed E-state index contributed by atoms with van der Waals surface area (Å²) in [5.41, 5.74) is 4.99. The first-order valence-corrected chi connectivity index (χ1v) is 5.15. The number of imidazole rings is 1. The molecule has 0 radical (unpaired) electrons. The van der Waals surface area contributed by atoms with Gasteiger partial charge in [0.25, 0.3) is 5.56 Å². The van der Waals surface area contributed by atoms with Crippen molar-refractivity contribution in [1.29, 1.82) is 0 Å². The molecule has 84 valence electrons. The van der Waals surface area contributed by atoms with Gasteiger partial charge in [0, 0.05) is 12.4 Å². The fraction of sp³-hybridized carbons (Fsp3) is 0.125. The molecular weight excluding hydrogens is 278 g/mol. The van der Waals surface area contributed by atoms with E-state index in [-0.39, 0.29) is 11.0 Å². The molecule has 0 aliphatic rings. The zero-order chi connectivity index (χ0) is 11.7. The van der Waals surface area contributed by atoms with E-state index >= 15 is 0 Å². The van der Waals surface area contributed by atoms with Gasteiger partial charge < -0.3 is 15.3 Å². The Morgan fingerprint density at radius 1 is 1.44 bits per heavy atom. The molecule has 0 saturated heterocycles. The summed E-state index contributed by atoms with van der Waals surface area (Å²) in [5.74, 6) is 0.313. The van der Waals surface area contributed by atoms with Crippen molar-refractivity contribution in [3.8, 4) is 0 Å². The van der Waals surface area contributed by atoms with Gasteiger partial charge in [0.1, 0.15) is 4.47 Å². The summed E-state index contributed by atoms with van der Waals surface area (Å²) in [6.07, 6.45) is 3.19. The van der Waals surface area contributed by atoms with Crippen LogP contribution in [0.1, 0.15) is 5.69 Å². The molecule has 2 rings (SSSR count). The minimum atomic E-state index is -0.554. The molecule has 0 spiro atoms. The molecule has 0 amide bonds. The highest BCUT2D eigenvalue weighted by Crippen LogP contribution is 2.10. The highest BCUT2D eigenvalue weighted by atomic mass is 79.9. The number of nitrogens with one attached hydrogen (secondary N) is 2. The van der Waals surface area contributed by atoms with Crippen molar-refractivity contribution in [2.45, 2.75) is 6.54 Å². The summed E-state index contributed by atoms with van der Waals surface area (Å²) in [5, 5.41) is 0. The van der Waals surface area contributed by atoms with Crippen LogP contribution in [-0.4, -0.2) is 19.5 Å². The van der Waals surface area contributed by atoms with Gasteiger partial charge in [-0.1, -0.05) is 0 Å². The number of nitrogen functional groups attached to an aromatic ring is 1. The molecule has 2 aromatic rings. The van der Waals surface area contributed by atoms with Crippen LogP contribution in [0.2, 0.25) is 0 Å². The van der Waals surface area contributed by atoms with Crippen LogP contribution in [0.3, 0.4) is 0 Å². The van der Waals surface area contributed by atoms with Crippen LogP contribution in [0, 0.1) is 0 Å². The summed E-state index contributed by atoms with van der Waals surface area (Å²) in [4.78, 5) is 30.8. The molecule has 0 unspecified atom stereocenters. The Morgan fingerprint density at radius 2 is 2.19 bits per heavy atom. The summed E-state index contributed by atoms with van der Waals surface area (Å²) >= 11 is 3.10. The van der Waals surface area contributed by atoms with Gasteiger partial charge in [0.05, 0.1) is 12.2 Å². The minimum absolute atomic E-state index is 0.269. The zero-order valence-electron chi connectivity index (χ0n) is 8.03. The van der Waals surface area contributed by atoms with Crippen LogP contribution in [-0.2, 0) is 6.54 Å². The van der Waals surface area contributed by atoms with Gasteiger partial charge in [0.2, 0.25) is 0 Å². The molecule has 8 heteroatoms. The third kappa shape index (κ3) is 1.91. The monoisotopic (exact) mass is 285 g/mol. The number of hydrogen-bond acceptors (Lipinski definition) is 4. The minimum Gasteiger partial charge on any atom is -0.369 e. The molecule has 7 nitrogen and oxygen atoms in total. The first kappa shape index (κ1) is 10.7. The van der Waals surface area contributed by atoms with Crippen LogP contribution in [0.25, 0.3) is 0 Å². The lowest BCUT2D eigenvalue weighted by Crippen LogP contribution is -2.26. The molecule has 0 aliphatic carbocycles. The van der Waals surface area contributed by atoms with Gasteiger partial charge in [-0.3, -0.25) is 9.78 Å². The molecule has 0 fully saturated rings. The molecule has 4 N–H and O–H groups in total. The number of hydrogen-bond donors (Lipinski definition) is 3. The number of aromatic nitrogens is 4. The Kier molecular flexibility index (Phi) is 2.65. The highest BCUT2D eigenvalue weighted by molar-refractivity contribution is 9.10. The van der Waals surface area contributed by atoms with E-state index in [1.165, 1.54) is 6.20 Å². The third-order valence-corrected chi connectivity index (χ3v) is 2.87. The third-order valence-electron chi connectivity index (χ3n) is 2.03. The van der Waals surface area contributed by atoms with E-state index in [0.717, 1.165) is 0 Å². The Balaban J connectivity index is 2.46. The predicted octanol–water partition coefficient (Wildman–Crippen LogP) is -0.347. The second-order valence-corrected chi connectivity index (χ2v) is 3.91. The lowest BCUT2D eigenvalue weighted by atomic mass is 10.4. The van der Waals surface area contributed by atoms with Gasteiger partial charge in [-0.05, 0) is 15.9 Å². The first-order chi connectivity index (χ1) is 7.58. The van der Waals surface area contributed by atoms with Crippen molar-refractivity contribution < 1.29 is 0 Å². The lowest BCUT2D eigenvalue weighted by molar-refractivity contribution is 0.763. The van der Waals surface area contributed by atoms with E-state index in [9.17, 15) is 9.59 Å². The van der Waals surface area contributed by atoms with Crippen LogP contribution in [0.4, 0.5) is 5.95 Å². The molecule has 0 aromatic carbocycles. The van der Waals surface area contributed by atoms with Gasteiger partial charge in [-0.2, -0.15) is 0 Å². The van der Waals surface area contributed by atoms with Crippen LogP contribution in [0.15, 0.2) is 26.5 Å². The highest BCUT2D eigenvalue weighted by Gasteiger charge is 2.08. The van der Waals surface area contributed by atoms with Crippen molar-refractivity contribution in [2.75, 3.05) is 5.73 Å². The number of halogens is 1. The standard InChI is InChI=1S/C8H8BrN5O2/c9-5-4(12-8(16)13-6(5)15)3-14-2-1-11-7(14)10/h1-2H,3H2,(H2,10,11)(H2,12,13,15,16). The fourth-order valence-corrected chi connectivity index (χ4v) is 1.60. The number of nitrogens with two attached hydrogens (primary N) is 1. The Labute approximate surface area is 97.5 Å². The lowest BCUT2D eigenvalue weighted by Gasteiger charge is -2.05. The molecular formula is C8H8BrN5O2. The topological polar surface area (TPSA) is 110 Å². The number of aromatic amines is 2. The van der Waals surface area contributed by atoms with E-state index in [0.29, 0.717) is 11.6 Å². The van der Waals surface area contributed by atoms with Gasteiger partial charge in [-0.25, -0.2) is 9.78 Å². The maximum atomic E-state index is 11.3. The molecule has 0 bridgehead atoms. The van der Waals surface area contributed by atoms with Crippen molar-refractivity contribution in [2.24, 2.45) is 0 Å². The van der Waals surface area contributed by atoms with E-state index in [2.05, 4.69) is 30.9 Å². The van der Waals surface area contributed by atoms with E-state index in [1.807, 2.05) is 0 Å². The molecule has 0 atom stereocenters. The molecule has 2 heterocycles. The second-order valence-electron chi connectivity index (χ2n) is 3.11. The quantitative estimate of drug-likeness (QED) is 0.701. The summed E-state index contributed by atoms with van der Waals surface area (Å²) in [6, 6.07) is 0. The van der Waals surface area contributed by atoms with Crippen molar-refractivity contribution in [1.82, 2.24) is 19.5 Å². The number of H-pyrrole nitrogens is 2. The van der Waals surface area contributed by atoms with Crippen LogP contribution in [0.5, 0.6) is 0 Å². The molecule has 2 aromatic heterocycles. The Bertz CT molecular complexity index is 626. The maximum absolute atomic E-state index is 11.3. The van der Waals surface area contributed by atoms with Gasteiger partial charge in [0.15, 0.2) is 5.95 Å². The van der Waals surface area contributed by atoms with E-state index in [1.54, 1.807) is 10.8 Å². The summed E-state index contributed by atoms with van der Waals surface area (Å²) in [6.45, 7) is 0.269. The molecule has 16 heavy (non-hydrogen) atoms. The SMILES string of the molecule is Nc1nccn1Cc1[nH]c(=O)[nH]c(=O)c1Br. The number of anilines is 1. The normalized spacial score (nSPS) is 10.6. The molecule has 0 saturated carbocycles. The fourth-order valence-electron chi connectivity index (χ4n) is 1.27. The van der Waals surface area contributed by atoms with Crippen molar-refractivity contribution in [3.63, 3.8) is 0 Å². The van der Waals surface area contributed by atoms with Gasteiger partial charge >= 0.3 is 5.69 Å². The van der Waals surface area contributed by atoms with Gasteiger partial charge in [-0.15, -0.1) is 0 Å². The summed E-state index contributed by atoms with van der Waals surface area (Å²) in [7, 11) is 0. The smallest absolute Gasteiger partial charge is 0.326 e. The molecule has 0 aliphatic heterocycles. The number of rotatable bonds is 2. The maximum Gasteiger partial charge on any atom is 0.326 e. The Morgan fingerprint density at radius 3 is 2.81 bits per heavy atom. The summed E-state index contributed by atoms with van der Waals surface area (Å²) < 4.78 is 1.88. The average Bonchev–Trinajstić information content (AvgIpc) is 2.60. The largest absolute Gasteiger partial charge is 0.369 e. The van der Waals surface area contributed by atoms with E-state index < -0.39 is 11.2 Å². The predicted molar refractivity (Wildman–Crippen MR) is 61.1 cm³/mol. The first-order valence-electron chi connectivity index (χ1n) is 4.35. The van der Waals surface area contributed by atoms with E-state index in [4.69, 9.17) is 5.73 Å². The van der Waals surface area contributed by atoms with Crippen LogP contribution < -0.4 is 17.0 Å². The van der Waals surface area contributed by atoms with Crippen LogP contribution >= 0.6 is 15.9 Å². The average molecular weight is 286 g/mol.